The van der Waals surface area contributed by atoms with Crippen LogP contribution in [0.25, 0.3) is 32.7 Å². The molecule has 0 saturated heterocycles. The number of rotatable bonds is 3. The van der Waals surface area contributed by atoms with Crippen LogP contribution >= 0.6 is 0 Å². The van der Waals surface area contributed by atoms with Crippen molar-refractivity contribution in [3.63, 3.8) is 0 Å². The second kappa shape index (κ2) is 5.96. The van der Waals surface area contributed by atoms with Crippen LogP contribution in [0.3, 0.4) is 0 Å². The molecule has 0 aliphatic heterocycles. The summed E-state index contributed by atoms with van der Waals surface area (Å²) < 4.78 is 4.25. The van der Waals surface area contributed by atoms with Gasteiger partial charge in [-0.1, -0.05) is 36.4 Å². The minimum absolute atomic E-state index is 0.530. The van der Waals surface area contributed by atoms with E-state index < -0.39 is 6.10 Å². The first-order valence-electron chi connectivity index (χ1n) is 9.17. The van der Waals surface area contributed by atoms with Gasteiger partial charge in [-0.3, -0.25) is 4.98 Å². The number of aliphatic hydroxyl groups is 1. The summed E-state index contributed by atoms with van der Waals surface area (Å²) in [6, 6.07) is 18.7. The summed E-state index contributed by atoms with van der Waals surface area (Å²) in [6.07, 6.45) is 3.74. The fourth-order valence-corrected chi connectivity index (χ4v) is 4.26. The monoisotopic (exact) mass is 355 g/mol. The van der Waals surface area contributed by atoms with Gasteiger partial charge in [-0.05, 0) is 29.1 Å². The third-order valence-corrected chi connectivity index (χ3v) is 5.64. The van der Waals surface area contributed by atoms with Gasteiger partial charge in [-0.2, -0.15) is 0 Å². The van der Waals surface area contributed by atoms with E-state index in [1.54, 1.807) is 0 Å². The van der Waals surface area contributed by atoms with Crippen LogP contribution in [-0.2, 0) is 20.5 Å². The van der Waals surface area contributed by atoms with Crippen LogP contribution in [-0.4, -0.2) is 19.2 Å². The molecule has 3 heterocycles. The second-order valence-corrected chi connectivity index (χ2v) is 7.18. The fraction of sp³-hybridized carbons (Fsp3) is 0.174. The van der Waals surface area contributed by atoms with E-state index in [1.807, 2.05) is 31.6 Å². The Morgan fingerprint density at radius 1 is 0.889 bits per heavy atom. The summed E-state index contributed by atoms with van der Waals surface area (Å²) in [5.41, 5.74) is 5.40. The van der Waals surface area contributed by atoms with Gasteiger partial charge in [0.2, 0.25) is 0 Å². The first-order valence-corrected chi connectivity index (χ1v) is 9.17. The average molecular weight is 355 g/mol. The van der Waals surface area contributed by atoms with Crippen LogP contribution in [0.5, 0.6) is 0 Å². The van der Waals surface area contributed by atoms with Gasteiger partial charge >= 0.3 is 0 Å². The van der Waals surface area contributed by atoms with Crippen LogP contribution in [0, 0.1) is 0 Å². The van der Waals surface area contributed by atoms with Crippen molar-refractivity contribution in [1.29, 1.82) is 0 Å². The highest BCUT2D eigenvalue weighted by molar-refractivity contribution is 6.09. The average Bonchev–Trinajstić information content (AvgIpc) is 3.19. The molecule has 0 amide bonds. The highest BCUT2D eigenvalue weighted by Gasteiger charge is 2.18. The minimum atomic E-state index is -0.589. The molecule has 5 aromatic rings. The van der Waals surface area contributed by atoms with Gasteiger partial charge in [0.1, 0.15) is 0 Å². The lowest BCUT2D eigenvalue weighted by Gasteiger charge is -2.13. The highest BCUT2D eigenvalue weighted by Crippen LogP contribution is 2.33. The van der Waals surface area contributed by atoms with Crippen molar-refractivity contribution >= 4 is 32.7 Å². The molecule has 4 nitrogen and oxygen atoms in total. The molecule has 4 heteroatoms. The molecule has 1 atom stereocenters. The standard InChI is InChI=1S/C23H21N3O/c1-25-18-9-5-3-7-15(18)11-20(25)22(27)12-16-13-24-14-21-23(16)17-8-4-6-10-19(17)26(21)2/h3-11,13-14,22,27H,12H2,1-2H3. The number of hydrogen-bond acceptors (Lipinski definition) is 2. The molecule has 2 aromatic carbocycles. The number of aromatic nitrogens is 3. The van der Waals surface area contributed by atoms with E-state index >= 15 is 0 Å². The van der Waals surface area contributed by atoms with Gasteiger partial charge in [0.15, 0.2) is 0 Å². The van der Waals surface area contributed by atoms with Crippen molar-refractivity contribution in [3.8, 4) is 0 Å². The van der Waals surface area contributed by atoms with E-state index in [9.17, 15) is 5.11 Å². The molecule has 134 valence electrons. The van der Waals surface area contributed by atoms with Crippen molar-refractivity contribution in [2.45, 2.75) is 12.5 Å². The van der Waals surface area contributed by atoms with E-state index in [-0.39, 0.29) is 0 Å². The van der Waals surface area contributed by atoms with Crippen molar-refractivity contribution in [3.05, 3.63) is 78.2 Å². The number of aryl methyl sites for hydroxylation is 2. The number of aliphatic hydroxyl groups excluding tert-OH is 1. The van der Waals surface area contributed by atoms with Crippen LogP contribution in [0.15, 0.2) is 67.0 Å². The van der Waals surface area contributed by atoms with E-state index in [1.165, 1.54) is 16.3 Å². The predicted octanol–water partition coefficient (Wildman–Crippen LogP) is 4.49. The Kier molecular flexibility index (Phi) is 3.55. The van der Waals surface area contributed by atoms with Gasteiger partial charge in [-0.15, -0.1) is 0 Å². The maximum absolute atomic E-state index is 11.0. The summed E-state index contributed by atoms with van der Waals surface area (Å²) >= 11 is 0. The van der Waals surface area contributed by atoms with Gasteiger partial charge in [0.05, 0.1) is 17.8 Å². The predicted molar refractivity (Wildman–Crippen MR) is 110 cm³/mol. The zero-order valence-corrected chi connectivity index (χ0v) is 15.4. The van der Waals surface area contributed by atoms with Crippen LogP contribution < -0.4 is 0 Å². The van der Waals surface area contributed by atoms with Crippen molar-refractivity contribution in [2.75, 3.05) is 0 Å². The summed E-state index contributed by atoms with van der Waals surface area (Å²) in [4.78, 5) is 4.44. The van der Waals surface area contributed by atoms with E-state index in [0.717, 1.165) is 27.7 Å². The Bertz CT molecular complexity index is 1300. The first kappa shape index (κ1) is 16.1. The molecule has 0 saturated carbocycles. The van der Waals surface area contributed by atoms with Crippen molar-refractivity contribution in [1.82, 2.24) is 14.1 Å². The lowest BCUT2D eigenvalue weighted by molar-refractivity contribution is 0.171. The second-order valence-electron chi connectivity index (χ2n) is 7.18. The maximum atomic E-state index is 11.0. The third kappa shape index (κ3) is 2.37. The quantitative estimate of drug-likeness (QED) is 0.518. The summed E-state index contributed by atoms with van der Waals surface area (Å²) in [5, 5.41) is 14.6. The lowest BCUT2D eigenvalue weighted by atomic mass is 10.0. The number of hydrogen-bond donors (Lipinski definition) is 1. The zero-order chi connectivity index (χ0) is 18.5. The Labute approximate surface area is 157 Å². The molecule has 5 rings (SSSR count). The molecule has 0 radical (unpaired) electrons. The number of benzene rings is 2. The molecule has 0 aliphatic rings. The number of para-hydroxylation sites is 2. The minimum Gasteiger partial charge on any atom is -0.387 e. The van der Waals surface area contributed by atoms with E-state index in [4.69, 9.17) is 0 Å². The molecule has 0 spiro atoms. The highest BCUT2D eigenvalue weighted by atomic mass is 16.3. The fourth-order valence-electron chi connectivity index (χ4n) is 4.26. The Morgan fingerprint density at radius 3 is 2.44 bits per heavy atom. The number of pyridine rings is 1. The molecule has 1 N–H and O–H groups in total. The molecule has 27 heavy (non-hydrogen) atoms. The topological polar surface area (TPSA) is 43.0 Å². The molecule has 3 aromatic heterocycles. The number of fused-ring (bicyclic) bond motifs is 4. The first-order chi connectivity index (χ1) is 13.1. The van der Waals surface area contributed by atoms with Crippen molar-refractivity contribution < 1.29 is 5.11 Å². The molecular formula is C23H21N3O. The molecule has 0 fully saturated rings. The maximum Gasteiger partial charge on any atom is 0.0980 e. The Balaban J connectivity index is 1.64. The normalized spacial score (nSPS) is 13.0. The third-order valence-electron chi connectivity index (χ3n) is 5.64. The Morgan fingerprint density at radius 2 is 1.63 bits per heavy atom. The molecular weight excluding hydrogens is 334 g/mol. The summed E-state index contributed by atoms with van der Waals surface area (Å²) in [5.74, 6) is 0. The van der Waals surface area contributed by atoms with Gasteiger partial charge in [0, 0.05) is 54.2 Å². The lowest BCUT2D eigenvalue weighted by Crippen LogP contribution is -2.07. The van der Waals surface area contributed by atoms with Gasteiger partial charge < -0.3 is 14.2 Å². The largest absolute Gasteiger partial charge is 0.387 e. The van der Waals surface area contributed by atoms with Gasteiger partial charge in [0.25, 0.3) is 0 Å². The smallest absolute Gasteiger partial charge is 0.0980 e. The van der Waals surface area contributed by atoms with Gasteiger partial charge in [-0.25, -0.2) is 0 Å². The van der Waals surface area contributed by atoms with Crippen LogP contribution in [0.1, 0.15) is 17.4 Å². The van der Waals surface area contributed by atoms with Crippen LogP contribution in [0.4, 0.5) is 0 Å². The summed E-state index contributed by atoms with van der Waals surface area (Å²) in [7, 11) is 4.08. The number of nitrogens with zero attached hydrogens (tertiary/aromatic N) is 3. The van der Waals surface area contributed by atoms with E-state index in [2.05, 4.69) is 63.6 Å². The zero-order valence-electron chi connectivity index (χ0n) is 15.4. The Hall–Kier alpha value is -3.11. The summed E-state index contributed by atoms with van der Waals surface area (Å²) in [6.45, 7) is 0. The van der Waals surface area contributed by atoms with Crippen molar-refractivity contribution in [2.24, 2.45) is 14.1 Å². The molecule has 0 bridgehead atoms. The SMILES string of the molecule is Cn1c(C(O)Cc2cncc3c2c2ccccc2n3C)cc2ccccc21. The molecule has 0 aliphatic carbocycles. The van der Waals surface area contributed by atoms with E-state index in [0.29, 0.717) is 6.42 Å². The molecule has 1 unspecified atom stereocenters. The van der Waals surface area contributed by atoms with Crippen LogP contribution in [0.2, 0.25) is 0 Å².